The van der Waals surface area contributed by atoms with Crippen molar-refractivity contribution in [3.8, 4) is 11.4 Å². The molecule has 5 aromatic rings. The van der Waals surface area contributed by atoms with E-state index in [1.165, 1.54) is 44.3 Å². The lowest BCUT2D eigenvalue weighted by Gasteiger charge is -2.06. The monoisotopic (exact) mass is 339 g/mol. The number of hydrogen-bond donors (Lipinski definition) is 0. The van der Waals surface area contributed by atoms with E-state index in [-0.39, 0.29) is 0 Å². The number of benzene rings is 2. The summed E-state index contributed by atoms with van der Waals surface area (Å²) < 4.78 is 6.83. The van der Waals surface area contributed by atoms with Gasteiger partial charge in [0, 0.05) is 22.9 Å². The number of hydrogen-bond acceptors (Lipinski definition) is 0. The molecule has 0 bridgehead atoms. The second-order valence-electron chi connectivity index (χ2n) is 6.98. The third-order valence-electron chi connectivity index (χ3n) is 5.43. The molecule has 0 saturated carbocycles. The van der Waals surface area contributed by atoms with Crippen molar-refractivity contribution in [3.63, 3.8) is 0 Å². The van der Waals surface area contributed by atoms with E-state index >= 15 is 0 Å². The van der Waals surface area contributed by atoms with Gasteiger partial charge in [-0.15, -0.1) is 0 Å². The Morgan fingerprint density at radius 2 is 1.62 bits per heavy atom. The number of rotatable bonds is 1. The Balaban J connectivity index is 2.06. The molecule has 2 aromatic carbocycles. The predicted octanol–water partition coefficient (Wildman–Crippen LogP) is 3.87. The lowest BCUT2D eigenvalue weighted by atomic mass is 10.0. The van der Waals surface area contributed by atoms with Crippen LogP contribution in [0.2, 0.25) is 0 Å². The van der Waals surface area contributed by atoms with Gasteiger partial charge in [0.2, 0.25) is 5.69 Å². The summed E-state index contributed by atoms with van der Waals surface area (Å²) in [6, 6.07) is 21.6. The maximum absolute atomic E-state index is 2.34. The molecule has 126 valence electrons. The highest BCUT2D eigenvalue weighted by molar-refractivity contribution is 6.10. The van der Waals surface area contributed by atoms with Gasteiger partial charge in [-0.1, -0.05) is 36.4 Å². The quantitative estimate of drug-likeness (QED) is 0.325. The zero-order chi connectivity index (χ0) is 17.8. The first-order valence-corrected chi connectivity index (χ1v) is 8.93. The first-order chi connectivity index (χ1) is 12.7. The molecule has 0 N–H and O–H groups in total. The average Bonchev–Trinajstić information content (AvgIpc) is 3.00. The molecular weight excluding hydrogens is 318 g/mol. The molecule has 5 rings (SSSR count). The van der Waals surface area contributed by atoms with Crippen LogP contribution in [0.25, 0.3) is 38.7 Å². The van der Waals surface area contributed by atoms with Gasteiger partial charge in [-0.2, -0.15) is 8.97 Å². The number of aryl methyl sites for hydroxylation is 3. The minimum atomic E-state index is 1.20. The number of fused-ring (bicyclic) bond motifs is 6. The third-order valence-corrected chi connectivity index (χ3v) is 5.43. The Morgan fingerprint density at radius 3 is 2.46 bits per heavy atom. The fourth-order valence-electron chi connectivity index (χ4n) is 4.15. The van der Waals surface area contributed by atoms with Gasteiger partial charge < -0.3 is 0 Å². The Kier molecular flexibility index (Phi) is 3.13. The zero-order valence-electron chi connectivity index (χ0n) is 15.3. The lowest BCUT2D eigenvalue weighted by Crippen LogP contribution is -2.30. The SMILES string of the molecule is Cc1cccc2c3ccccc3[n+]3cc(-c4cccc[n+]4C)n(C)c3c12. The summed E-state index contributed by atoms with van der Waals surface area (Å²) in [5, 5.41) is 3.92. The van der Waals surface area contributed by atoms with Crippen LogP contribution in [0, 0.1) is 6.92 Å². The highest BCUT2D eigenvalue weighted by atomic mass is 15.1. The van der Waals surface area contributed by atoms with Gasteiger partial charge >= 0.3 is 0 Å². The summed E-state index contributed by atoms with van der Waals surface area (Å²) in [4.78, 5) is 0. The number of imidazole rings is 1. The summed E-state index contributed by atoms with van der Waals surface area (Å²) in [5.74, 6) is 0. The maximum Gasteiger partial charge on any atom is 0.295 e. The minimum absolute atomic E-state index is 1.20. The van der Waals surface area contributed by atoms with E-state index in [4.69, 9.17) is 0 Å². The van der Waals surface area contributed by atoms with Crippen LogP contribution in [0.4, 0.5) is 0 Å². The fourth-order valence-corrected chi connectivity index (χ4v) is 4.15. The molecule has 0 aliphatic carbocycles. The molecular formula is C23H21N3+2. The molecule has 0 spiro atoms. The summed E-state index contributed by atoms with van der Waals surface area (Å²) in [6.45, 7) is 2.20. The second-order valence-corrected chi connectivity index (χ2v) is 6.98. The summed E-state index contributed by atoms with van der Waals surface area (Å²) in [6.07, 6.45) is 4.36. The highest BCUT2D eigenvalue weighted by Gasteiger charge is 2.26. The van der Waals surface area contributed by atoms with E-state index in [1.807, 2.05) is 0 Å². The summed E-state index contributed by atoms with van der Waals surface area (Å²) in [5.41, 5.74) is 6.17. The standard InChI is InChI=1S/C23H21N3/c1-16-9-8-11-18-17-10-4-5-12-19(17)26-15-21(25(3)23(26)22(16)18)20-13-6-7-14-24(20)2/h4-15H,1-3H3/q+2. The van der Waals surface area contributed by atoms with E-state index in [2.05, 4.69) is 108 Å². The molecule has 0 aliphatic heterocycles. The fraction of sp³-hybridized carbons (Fsp3) is 0.130. The first kappa shape index (κ1) is 15.1. The van der Waals surface area contributed by atoms with Crippen molar-refractivity contribution in [2.24, 2.45) is 14.1 Å². The van der Waals surface area contributed by atoms with Crippen molar-refractivity contribution in [1.82, 2.24) is 4.57 Å². The van der Waals surface area contributed by atoms with Crippen molar-refractivity contribution in [2.45, 2.75) is 6.92 Å². The van der Waals surface area contributed by atoms with Crippen LogP contribution in [0.1, 0.15) is 5.56 Å². The van der Waals surface area contributed by atoms with Gasteiger partial charge in [0.1, 0.15) is 12.6 Å². The van der Waals surface area contributed by atoms with E-state index < -0.39 is 0 Å². The minimum Gasteiger partial charge on any atom is -0.220 e. The number of nitrogens with zero attached hydrogens (tertiary/aromatic N) is 3. The molecule has 3 heterocycles. The van der Waals surface area contributed by atoms with Gasteiger partial charge in [0.05, 0.1) is 12.4 Å². The normalized spacial score (nSPS) is 11.7. The van der Waals surface area contributed by atoms with Crippen molar-refractivity contribution in [1.29, 1.82) is 0 Å². The van der Waals surface area contributed by atoms with Gasteiger partial charge in [0.25, 0.3) is 11.3 Å². The van der Waals surface area contributed by atoms with E-state index in [0.717, 1.165) is 0 Å². The Morgan fingerprint density at radius 1 is 0.846 bits per heavy atom. The molecule has 0 amide bonds. The predicted molar refractivity (Wildman–Crippen MR) is 105 cm³/mol. The van der Waals surface area contributed by atoms with Crippen LogP contribution in [-0.4, -0.2) is 4.57 Å². The third kappa shape index (κ3) is 1.94. The molecule has 3 nitrogen and oxygen atoms in total. The van der Waals surface area contributed by atoms with Crippen molar-refractivity contribution in [2.75, 3.05) is 0 Å². The number of pyridine rings is 2. The van der Waals surface area contributed by atoms with Crippen LogP contribution in [0.5, 0.6) is 0 Å². The van der Waals surface area contributed by atoms with Crippen LogP contribution in [-0.2, 0) is 14.1 Å². The molecule has 0 radical (unpaired) electrons. The van der Waals surface area contributed by atoms with Crippen LogP contribution < -0.4 is 8.97 Å². The molecule has 0 unspecified atom stereocenters. The topological polar surface area (TPSA) is 12.9 Å². The van der Waals surface area contributed by atoms with E-state index in [1.54, 1.807) is 0 Å². The van der Waals surface area contributed by atoms with Gasteiger partial charge in [-0.3, -0.25) is 0 Å². The largest absolute Gasteiger partial charge is 0.295 e. The maximum atomic E-state index is 2.34. The molecule has 0 aliphatic rings. The second kappa shape index (κ2) is 5.40. The first-order valence-electron chi connectivity index (χ1n) is 8.93. The van der Waals surface area contributed by atoms with Crippen LogP contribution >= 0.6 is 0 Å². The van der Waals surface area contributed by atoms with E-state index in [9.17, 15) is 0 Å². The van der Waals surface area contributed by atoms with Crippen molar-refractivity contribution in [3.05, 3.63) is 78.6 Å². The molecule has 0 saturated heterocycles. The van der Waals surface area contributed by atoms with Crippen LogP contribution in [0.3, 0.4) is 0 Å². The zero-order valence-corrected chi connectivity index (χ0v) is 15.3. The van der Waals surface area contributed by atoms with Crippen LogP contribution in [0.15, 0.2) is 73.1 Å². The molecule has 3 aromatic heterocycles. The molecule has 26 heavy (non-hydrogen) atoms. The molecule has 0 atom stereocenters. The molecule has 3 heteroatoms. The van der Waals surface area contributed by atoms with Gasteiger partial charge in [-0.05, 0) is 24.6 Å². The molecule has 0 fully saturated rings. The smallest absolute Gasteiger partial charge is 0.220 e. The van der Waals surface area contributed by atoms with E-state index in [0.29, 0.717) is 0 Å². The number of para-hydroxylation sites is 1. The lowest BCUT2D eigenvalue weighted by molar-refractivity contribution is -0.660. The summed E-state index contributed by atoms with van der Waals surface area (Å²) >= 11 is 0. The number of aromatic nitrogens is 3. The van der Waals surface area contributed by atoms with Crippen molar-refractivity contribution < 1.29 is 8.97 Å². The van der Waals surface area contributed by atoms with Gasteiger partial charge in [0.15, 0.2) is 12.4 Å². The summed E-state index contributed by atoms with van der Waals surface area (Å²) in [7, 11) is 4.26. The average molecular weight is 339 g/mol. The van der Waals surface area contributed by atoms with Gasteiger partial charge in [-0.25, -0.2) is 4.57 Å². The Bertz CT molecular complexity index is 1310. The Hall–Kier alpha value is -3.20. The van der Waals surface area contributed by atoms with Crippen molar-refractivity contribution >= 4 is 27.3 Å². The highest BCUT2D eigenvalue weighted by Crippen LogP contribution is 2.30. The Labute approximate surface area is 152 Å².